The maximum Gasteiger partial charge on any atom is 0.0951 e. The van der Waals surface area contributed by atoms with Gasteiger partial charge in [0.15, 0.2) is 0 Å². The van der Waals surface area contributed by atoms with Gasteiger partial charge < -0.3 is 19.9 Å². The van der Waals surface area contributed by atoms with E-state index < -0.39 is 0 Å². The molecule has 0 radical (unpaired) electrons. The fourth-order valence-electron chi connectivity index (χ4n) is 2.59. The molecule has 0 aliphatic carbocycles. The highest BCUT2D eigenvalue weighted by Gasteiger charge is 2.40. The van der Waals surface area contributed by atoms with E-state index in [1.54, 1.807) is 0 Å². The highest BCUT2D eigenvalue weighted by Crippen LogP contribution is 2.32. The molecular formula is C13H25NO3. The molecule has 3 atom stereocenters. The van der Waals surface area contributed by atoms with Crippen LogP contribution in [0.15, 0.2) is 0 Å². The second-order valence-electron chi connectivity index (χ2n) is 5.74. The van der Waals surface area contributed by atoms with Crippen molar-refractivity contribution in [2.75, 3.05) is 26.4 Å². The lowest BCUT2D eigenvalue weighted by atomic mass is 9.89. The molecule has 0 saturated carbocycles. The first kappa shape index (κ1) is 13.3. The van der Waals surface area contributed by atoms with Crippen LogP contribution >= 0.6 is 0 Å². The van der Waals surface area contributed by atoms with Crippen LogP contribution in [-0.4, -0.2) is 49.2 Å². The average Bonchev–Trinajstić information content (AvgIpc) is 2.74. The third-order valence-corrected chi connectivity index (χ3v) is 3.95. The molecule has 2 rings (SSSR count). The van der Waals surface area contributed by atoms with E-state index in [0.717, 1.165) is 39.1 Å². The van der Waals surface area contributed by atoms with Crippen LogP contribution in [0.2, 0.25) is 0 Å². The topological polar surface area (TPSA) is 50.7 Å². The number of nitrogens with one attached hydrogen (secondary N) is 1. The third-order valence-electron chi connectivity index (χ3n) is 3.95. The van der Waals surface area contributed by atoms with Crippen LogP contribution < -0.4 is 5.32 Å². The summed E-state index contributed by atoms with van der Waals surface area (Å²) in [6.45, 7) is 7.13. The second-order valence-corrected chi connectivity index (χ2v) is 5.74. The van der Waals surface area contributed by atoms with Crippen LogP contribution in [0.3, 0.4) is 0 Å². The number of rotatable bonds is 4. The number of ether oxygens (including phenoxy) is 2. The maximum atomic E-state index is 9.80. The van der Waals surface area contributed by atoms with Gasteiger partial charge in [0.2, 0.25) is 0 Å². The molecule has 2 aliphatic rings. The molecule has 0 aromatic carbocycles. The molecule has 2 heterocycles. The summed E-state index contributed by atoms with van der Waals surface area (Å²) in [4.78, 5) is 0. The Labute approximate surface area is 104 Å². The molecule has 2 fully saturated rings. The van der Waals surface area contributed by atoms with Crippen molar-refractivity contribution in [2.24, 2.45) is 5.92 Å². The van der Waals surface area contributed by atoms with E-state index in [1.807, 2.05) is 13.8 Å². The van der Waals surface area contributed by atoms with Crippen molar-refractivity contribution in [1.82, 2.24) is 5.32 Å². The van der Waals surface area contributed by atoms with Crippen molar-refractivity contribution >= 4 is 0 Å². The quantitative estimate of drug-likeness (QED) is 0.771. The van der Waals surface area contributed by atoms with Crippen molar-refractivity contribution in [3.8, 4) is 0 Å². The van der Waals surface area contributed by atoms with Crippen LogP contribution in [0, 0.1) is 5.92 Å². The molecule has 2 aliphatic heterocycles. The normalized spacial score (nSPS) is 35.6. The van der Waals surface area contributed by atoms with Crippen molar-refractivity contribution in [1.29, 1.82) is 0 Å². The van der Waals surface area contributed by atoms with Crippen LogP contribution in [0.4, 0.5) is 0 Å². The van der Waals surface area contributed by atoms with E-state index in [1.165, 1.54) is 0 Å². The van der Waals surface area contributed by atoms with Gasteiger partial charge in [-0.2, -0.15) is 0 Å². The van der Waals surface area contributed by atoms with E-state index in [9.17, 15) is 5.11 Å². The summed E-state index contributed by atoms with van der Waals surface area (Å²) in [7, 11) is 0. The van der Waals surface area contributed by atoms with Gasteiger partial charge in [-0.25, -0.2) is 0 Å². The molecule has 1 spiro atoms. The first-order chi connectivity index (χ1) is 8.11. The summed E-state index contributed by atoms with van der Waals surface area (Å²) in [6.07, 6.45) is 2.80. The summed E-state index contributed by atoms with van der Waals surface area (Å²) in [6, 6.07) is 0.457. The van der Waals surface area contributed by atoms with Crippen LogP contribution in [-0.2, 0) is 9.47 Å². The SMILES string of the molecule is CC(C)C(O)CNC1CCOC2(CCOC2)C1. The molecule has 0 amide bonds. The lowest BCUT2D eigenvalue weighted by molar-refractivity contribution is -0.0902. The van der Waals surface area contributed by atoms with E-state index in [-0.39, 0.29) is 11.7 Å². The summed E-state index contributed by atoms with van der Waals surface area (Å²) in [5.74, 6) is 0.311. The third kappa shape index (κ3) is 3.41. The monoisotopic (exact) mass is 243 g/mol. The minimum absolute atomic E-state index is 0.0430. The molecule has 2 N–H and O–H groups in total. The highest BCUT2D eigenvalue weighted by molar-refractivity contribution is 4.92. The maximum absolute atomic E-state index is 9.80. The summed E-state index contributed by atoms with van der Waals surface area (Å²) < 4.78 is 11.3. The lowest BCUT2D eigenvalue weighted by Crippen LogP contribution is -2.49. The lowest BCUT2D eigenvalue weighted by Gasteiger charge is -2.37. The molecule has 0 aromatic rings. The summed E-state index contributed by atoms with van der Waals surface area (Å²) in [5.41, 5.74) is -0.0430. The van der Waals surface area contributed by atoms with Crippen molar-refractivity contribution in [2.45, 2.75) is 50.9 Å². The second kappa shape index (κ2) is 5.65. The molecule has 4 heteroatoms. The van der Waals surface area contributed by atoms with Gasteiger partial charge in [0.05, 0.1) is 18.3 Å². The fourth-order valence-corrected chi connectivity index (χ4v) is 2.59. The van der Waals surface area contributed by atoms with Gasteiger partial charge in [-0.05, 0) is 18.8 Å². The number of hydrogen-bond acceptors (Lipinski definition) is 4. The Balaban J connectivity index is 1.77. The predicted octanol–water partition coefficient (Wildman–Crippen LogP) is 0.931. The number of hydrogen-bond donors (Lipinski definition) is 2. The number of aliphatic hydroxyl groups excluding tert-OH is 1. The zero-order valence-corrected chi connectivity index (χ0v) is 10.9. The minimum atomic E-state index is -0.256. The molecule has 4 nitrogen and oxygen atoms in total. The molecule has 2 saturated heterocycles. The molecule has 3 unspecified atom stereocenters. The Bertz CT molecular complexity index is 239. The first-order valence-electron chi connectivity index (χ1n) is 6.74. The fraction of sp³-hybridized carbons (Fsp3) is 1.00. The molecule has 0 aromatic heterocycles. The van der Waals surface area contributed by atoms with E-state index in [0.29, 0.717) is 18.5 Å². The first-order valence-corrected chi connectivity index (χ1v) is 6.74. The van der Waals surface area contributed by atoms with Crippen molar-refractivity contribution in [3.05, 3.63) is 0 Å². The van der Waals surface area contributed by atoms with Crippen LogP contribution in [0.1, 0.15) is 33.1 Å². The Hall–Kier alpha value is -0.160. The zero-order chi connectivity index (χ0) is 12.3. The standard InChI is InChI=1S/C13H25NO3/c1-10(2)12(15)8-14-11-3-5-17-13(7-11)4-6-16-9-13/h10-12,14-15H,3-9H2,1-2H3. The Morgan fingerprint density at radius 2 is 2.24 bits per heavy atom. The smallest absolute Gasteiger partial charge is 0.0951 e. The Morgan fingerprint density at radius 1 is 1.41 bits per heavy atom. The van der Waals surface area contributed by atoms with Gasteiger partial charge in [-0.15, -0.1) is 0 Å². The van der Waals surface area contributed by atoms with Gasteiger partial charge in [0, 0.05) is 32.2 Å². The Morgan fingerprint density at radius 3 is 2.88 bits per heavy atom. The van der Waals surface area contributed by atoms with Gasteiger partial charge in [-0.3, -0.25) is 0 Å². The Kier molecular flexibility index (Phi) is 4.42. The van der Waals surface area contributed by atoms with Gasteiger partial charge in [-0.1, -0.05) is 13.8 Å². The van der Waals surface area contributed by atoms with Gasteiger partial charge in [0.1, 0.15) is 0 Å². The molecule has 0 bridgehead atoms. The van der Waals surface area contributed by atoms with E-state index in [2.05, 4.69) is 5.32 Å². The van der Waals surface area contributed by atoms with Crippen LogP contribution in [0.25, 0.3) is 0 Å². The van der Waals surface area contributed by atoms with Crippen molar-refractivity contribution < 1.29 is 14.6 Å². The summed E-state index contributed by atoms with van der Waals surface area (Å²) >= 11 is 0. The predicted molar refractivity (Wildman–Crippen MR) is 66.0 cm³/mol. The zero-order valence-electron chi connectivity index (χ0n) is 10.9. The summed E-state index contributed by atoms with van der Waals surface area (Å²) in [5, 5.41) is 13.3. The van der Waals surface area contributed by atoms with Gasteiger partial charge >= 0.3 is 0 Å². The van der Waals surface area contributed by atoms with Crippen LogP contribution in [0.5, 0.6) is 0 Å². The molecule has 17 heavy (non-hydrogen) atoms. The largest absolute Gasteiger partial charge is 0.392 e. The van der Waals surface area contributed by atoms with E-state index in [4.69, 9.17) is 9.47 Å². The van der Waals surface area contributed by atoms with Gasteiger partial charge in [0.25, 0.3) is 0 Å². The number of aliphatic hydroxyl groups is 1. The van der Waals surface area contributed by atoms with E-state index >= 15 is 0 Å². The molecular weight excluding hydrogens is 218 g/mol. The minimum Gasteiger partial charge on any atom is -0.392 e. The molecule has 100 valence electrons. The van der Waals surface area contributed by atoms with Crippen molar-refractivity contribution in [3.63, 3.8) is 0 Å². The average molecular weight is 243 g/mol. The highest BCUT2D eigenvalue weighted by atomic mass is 16.6.